The van der Waals surface area contributed by atoms with Crippen molar-refractivity contribution in [2.75, 3.05) is 11.4 Å². The first-order valence-corrected chi connectivity index (χ1v) is 17.9. The molecule has 0 N–H and O–H groups in total. The van der Waals surface area contributed by atoms with E-state index in [0.29, 0.717) is 5.92 Å². The molecular formula is C47H34N4. The number of aliphatic imine (C=N–C) groups is 1. The van der Waals surface area contributed by atoms with Gasteiger partial charge in [0.25, 0.3) is 0 Å². The minimum Gasteiger partial charge on any atom is -0.353 e. The summed E-state index contributed by atoms with van der Waals surface area (Å²) in [6.45, 7) is 0.820. The van der Waals surface area contributed by atoms with Crippen LogP contribution in [0.2, 0.25) is 0 Å². The van der Waals surface area contributed by atoms with Crippen molar-refractivity contribution in [3.05, 3.63) is 175 Å². The van der Waals surface area contributed by atoms with Gasteiger partial charge in [0.2, 0.25) is 0 Å². The van der Waals surface area contributed by atoms with Crippen LogP contribution in [0.25, 0.3) is 60.6 Å². The Morgan fingerprint density at radius 1 is 0.627 bits per heavy atom. The van der Waals surface area contributed by atoms with Crippen molar-refractivity contribution in [2.45, 2.75) is 18.5 Å². The van der Waals surface area contributed by atoms with E-state index in [2.05, 4.69) is 183 Å². The Morgan fingerprint density at radius 2 is 1.25 bits per heavy atom. The SMILES string of the molecule is C1=C2c3cc(-n4c5ccccc5c5ccccc54)ccc3N(C3C=CC=C([C@H]4C=CC=NC4)C3)C2C=CC=1n1c2ccccc2c2ccccc21. The quantitative estimate of drug-likeness (QED) is 0.173. The first kappa shape index (κ1) is 28.5. The zero-order chi connectivity index (χ0) is 33.5. The van der Waals surface area contributed by atoms with Crippen molar-refractivity contribution >= 4 is 66.8 Å². The molecule has 3 atom stereocenters. The highest BCUT2D eigenvalue weighted by Gasteiger charge is 2.39. The summed E-state index contributed by atoms with van der Waals surface area (Å²) in [6, 6.07) is 42.4. The van der Waals surface area contributed by atoms with Gasteiger partial charge in [-0.2, -0.15) is 0 Å². The molecule has 4 heteroatoms. The maximum atomic E-state index is 4.59. The highest BCUT2D eigenvalue weighted by Crippen LogP contribution is 2.47. The molecule has 0 spiro atoms. The van der Waals surface area contributed by atoms with Crippen LogP contribution in [-0.4, -0.2) is 34.0 Å². The average Bonchev–Trinajstić information content (AvgIpc) is 3.83. The number of rotatable bonds is 4. The highest BCUT2D eigenvalue weighted by molar-refractivity contribution is 6.11. The molecule has 0 radical (unpaired) electrons. The maximum Gasteiger partial charge on any atom is 0.0892 e. The number of dihydropyridines is 1. The van der Waals surface area contributed by atoms with Crippen molar-refractivity contribution in [2.24, 2.45) is 10.9 Å². The second kappa shape index (κ2) is 11.1. The van der Waals surface area contributed by atoms with E-state index in [-0.39, 0.29) is 12.1 Å². The van der Waals surface area contributed by atoms with Gasteiger partial charge in [-0.15, -0.1) is 0 Å². The van der Waals surface area contributed by atoms with Gasteiger partial charge in [-0.3, -0.25) is 4.99 Å². The topological polar surface area (TPSA) is 25.5 Å². The number of allylic oxidation sites excluding steroid dienone is 4. The molecule has 51 heavy (non-hydrogen) atoms. The molecule has 4 aliphatic rings. The number of fused-ring (bicyclic) bond motifs is 9. The van der Waals surface area contributed by atoms with E-state index in [9.17, 15) is 0 Å². The van der Waals surface area contributed by atoms with Gasteiger partial charge in [-0.05, 0) is 61.0 Å². The Labute approximate surface area is 296 Å². The highest BCUT2D eigenvalue weighted by atomic mass is 15.2. The number of nitrogens with zero attached hydrogens (tertiary/aromatic N) is 4. The van der Waals surface area contributed by atoms with Crippen molar-refractivity contribution < 1.29 is 0 Å². The molecule has 2 unspecified atom stereocenters. The second-order valence-corrected chi connectivity index (χ2v) is 14.0. The summed E-state index contributed by atoms with van der Waals surface area (Å²) in [6.07, 6.45) is 18.9. The summed E-state index contributed by atoms with van der Waals surface area (Å²) in [5, 5.41) is 5.07. The molecule has 11 rings (SSSR count). The molecule has 2 aromatic heterocycles. The van der Waals surface area contributed by atoms with Gasteiger partial charge in [0.15, 0.2) is 0 Å². The Kier molecular flexibility index (Phi) is 6.19. The summed E-state index contributed by atoms with van der Waals surface area (Å²) in [7, 11) is 0. The first-order chi connectivity index (χ1) is 25.3. The van der Waals surface area contributed by atoms with E-state index >= 15 is 0 Å². The maximum absolute atomic E-state index is 4.59. The van der Waals surface area contributed by atoms with E-state index in [1.54, 1.807) is 0 Å². The summed E-state index contributed by atoms with van der Waals surface area (Å²) in [5.74, 6) is 0.348. The summed E-state index contributed by atoms with van der Waals surface area (Å²) in [4.78, 5) is 7.22. The van der Waals surface area contributed by atoms with Crippen LogP contribution in [0.4, 0.5) is 5.69 Å². The monoisotopic (exact) mass is 654 g/mol. The zero-order valence-electron chi connectivity index (χ0n) is 28.0. The minimum absolute atomic E-state index is 0.0687. The van der Waals surface area contributed by atoms with Crippen molar-refractivity contribution in [1.82, 2.24) is 9.13 Å². The molecule has 2 aliphatic heterocycles. The van der Waals surface area contributed by atoms with Crippen LogP contribution in [-0.2, 0) is 0 Å². The van der Waals surface area contributed by atoms with Gasteiger partial charge in [-0.1, -0.05) is 114 Å². The molecule has 7 aromatic rings. The Hall–Kier alpha value is -6.35. The Bertz CT molecular complexity index is 2720. The fourth-order valence-electron chi connectivity index (χ4n) is 9.01. The van der Waals surface area contributed by atoms with E-state index in [1.165, 1.54) is 71.7 Å². The molecule has 0 saturated heterocycles. The third-order valence-corrected chi connectivity index (χ3v) is 11.3. The summed E-state index contributed by atoms with van der Waals surface area (Å²) in [5.41, 5.74) is 16.3. The van der Waals surface area contributed by atoms with E-state index in [1.807, 2.05) is 6.21 Å². The van der Waals surface area contributed by atoms with Crippen LogP contribution in [0.5, 0.6) is 0 Å². The summed E-state index contributed by atoms with van der Waals surface area (Å²) < 4.78 is 4.82. The fraction of sp³-hybridized carbons (Fsp3) is 0.106. The lowest BCUT2D eigenvalue weighted by molar-refractivity contribution is 0.626. The van der Waals surface area contributed by atoms with Gasteiger partial charge in [0.1, 0.15) is 0 Å². The van der Waals surface area contributed by atoms with Gasteiger partial charge in [-0.25, -0.2) is 0 Å². The van der Waals surface area contributed by atoms with E-state index in [4.69, 9.17) is 0 Å². The number of hydrogen-bond donors (Lipinski definition) is 0. The van der Waals surface area contributed by atoms with Gasteiger partial charge >= 0.3 is 0 Å². The third kappa shape index (κ3) is 4.24. The standard InChI is InChI=1S/C47H34N4/c1-5-18-42-36(14-1)37-15-2-6-19-43(37)50(42)34-22-24-46-40(28-34)41-29-35(51-44-20-7-3-16-38(44)39-17-4-8-21-45(39)51)23-25-47(41)49(46)33-13-9-11-31(27-33)32-12-10-26-48-30-32/h1-26,28,32-33,47H,27,30H2/t32-,33?,47?/m0/s1. The predicted octanol–water partition coefficient (Wildman–Crippen LogP) is 10.7. The zero-order valence-corrected chi connectivity index (χ0v) is 28.0. The lowest BCUT2D eigenvalue weighted by Gasteiger charge is -2.36. The second-order valence-electron chi connectivity index (χ2n) is 14.0. The number of anilines is 1. The lowest BCUT2D eigenvalue weighted by atomic mass is 9.87. The van der Waals surface area contributed by atoms with Crippen LogP contribution in [0.15, 0.2) is 174 Å². The van der Waals surface area contributed by atoms with Crippen LogP contribution in [0.3, 0.4) is 0 Å². The molecule has 0 amide bonds. The number of benzene rings is 5. The molecule has 0 fully saturated rings. The van der Waals surface area contributed by atoms with Crippen molar-refractivity contribution in [3.63, 3.8) is 0 Å². The van der Waals surface area contributed by atoms with E-state index in [0.717, 1.165) is 18.7 Å². The van der Waals surface area contributed by atoms with Gasteiger partial charge < -0.3 is 14.0 Å². The van der Waals surface area contributed by atoms with Gasteiger partial charge in [0, 0.05) is 62.7 Å². The van der Waals surface area contributed by atoms with Crippen LogP contribution >= 0.6 is 0 Å². The Morgan fingerprint density at radius 3 is 1.88 bits per heavy atom. The molecule has 5 aromatic carbocycles. The molecule has 242 valence electrons. The largest absolute Gasteiger partial charge is 0.353 e. The van der Waals surface area contributed by atoms with E-state index < -0.39 is 0 Å². The minimum atomic E-state index is 0.0687. The van der Waals surface area contributed by atoms with Crippen LogP contribution in [0, 0.1) is 5.92 Å². The van der Waals surface area contributed by atoms with Crippen LogP contribution < -0.4 is 4.90 Å². The number of para-hydroxylation sites is 4. The average molecular weight is 655 g/mol. The smallest absolute Gasteiger partial charge is 0.0892 e. The van der Waals surface area contributed by atoms with Crippen molar-refractivity contribution in [3.8, 4) is 5.69 Å². The Balaban J connectivity index is 1.13. The molecule has 4 nitrogen and oxygen atoms in total. The number of aromatic nitrogens is 2. The number of hydrogen-bond acceptors (Lipinski definition) is 2. The lowest BCUT2D eigenvalue weighted by Crippen LogP contribution is -2.40. The first-order valence-electron chi connectivity index (χ1n) is 17.9. The molecule has 2 aliphatic carbocycles. The molecule has 0 bridgehead atoms. The molecular weight excluding hydrogens is 621 g/mol. The molecule has 4 heterocycles. The van der Waals surface area contributed by atoms with Crippen LogP contribution in [0.1, 0.15) is 12.0 Å². The van der Waals surface area contributed by atoms with Gasteiger partial charge in [0.05, 0.1) is 39.8 Å². The van der Waals surface area contributed by atoms with Crippen molar-refractivity contribution in [1.29, 1.82) is 0 Å². The fourth-order valence-corrected chi connectivity index (χ4v) is 9.01. The predicted molar refractivity (Wildman–Crippen MR) is 214 cm³/mol. The molecule has 0 saturated carbocycles. The summed E-state index contributed by atoms with van der Waals surface area (Å²) >= 11 is 0. The third-order valence-electron chi connectivity index (χ3n) is 11.3. The normalized spacial score (nSPS) is 20.7.